The van der Waals surface area contributed by atoms with E-state index in [0.717, 1.165) is 0 Å². The first-order valence-corrected chi connectivity index (χ1v) is 6.46. The number of aromatic nitrogens is 2. The Morgan fingerprint density at radius 3 is 2.58 bits per heavy atom. The molecule has 6 heteroatoms. The highest BCUT2D eigenvalue weighted by molar-refractivity contribution is 5.97. The van der Waals surface area contributed by atoms with Crippen molar-refractivity contribution in [2.45, 2.75) is 39.7 Å². The van der Waals surface area contributed by atoms with E-state index in [4.69, 9.17) is 5.11 Å². The maximum absolute atomic E-state index is 12.1. The first kappa shape index (κ1) is 15.2. The molecule has 106 valence electrons. The van der Waals surface area contributed by atoms with Gasteiger partial charge in [0.15, 0.2) is 0 Å². The molecule has 0 aliphatic rings. The Morgan fingerprint density at radius 1 is 1.47 bits per heavy atom. The van der Waals surface area contributed by atoms with Crippen LogP contribution in [0.4, 0.5) is 0 Å². The molecule has 2 atom stereocenters. The number of hydrogen-bond donors (Lipinski definition) is 2. The highest BCUT2D eigenvalue weighted by Crippen LogP contribution is 2.11. The predicted molar refractivity (Wildman–Crippen MR) is 70.9 cm³/mol. The Balaban J connectivity index is 2.90. The van der Waals surface area contributed by atoms with Crippen molar-refractivity contribution in [1.29, 1.82) is 0 Å². The molecule has 0 fully saturated rings. The largest absolute Gasteiger partial charge is 0.480 e. The summed E-state index contributed by atoms with van der Waals surface area (Å²) in [6.07, 6.45) is 2.93. The third-order valence-corrected chi connectivity index (χ3v) is 3.25. The van der Waals surface area contributed by atoms with Crippen molar-refractivity contribution in [3.63, 3.8) is 0 Å². The van der Waals surface area contributed by atoms with Crippen molar-refractivity contribution in [1.82, 2.24) is 15.1 Å². The van der Waals surface area contributed by atoms with Crippen LogP contribution in [0.25, 0.3) is 0 Å². The molecule has 0 bridgehead atoms. The van der Waals surface area contributed by atoms with Crippen LogP contribution in [0.3, 0.4) is 0 Å². The molecule has 2 N–H and O–H groups in total. The summed E-state index contributed by atoms with van der Waals surface area (Å²) in [7, 11) is 1.74. The Hall–Kier alpha value is -1.85. The van der Waals surface area contributed by atoms with Gasteiger partial charge in [-0.3, -0.25) is 9.48 Å². The molecule has 0 aliphatic carbocycles. The first-order chi connectivity index (χ1) is 8.90. The Kier molecular flexibility index (Phi) is 5.09. The Bertz CT molecular complexity index is 468. The highest BCUT2D eigenvalue weighted by atomic mass is 16.4. The van der Waals surface area contributed by atoms with Gasteiger partial charge in [0.2, 0.25) is 0 Å². The number of carbonyl (C=O) groups is 2. The summed E-state index contributed by atoms with van der Waals surface area (Å²) in [5.74, 6) is -1.51. The fraction of sp³-hybridized carbons (Fsp3) is 0.615. The van der Waals surface area contributed by atoms with E-state index in [1.54, 1.807) is 17.9 Å². The standard InChI is InChI=1S/C13H21N3O3/c1-5-8(3)11(13(18)19)14-12(17)9-7-16(4)15-10(9)6-2/h7-8,11H,5-6H2,1-4H3,(H,14,17)(H,18,19)/t8?,11-/m0/s1. The maximum Gasteiger partial charge on any atom is 0.326 e. The average molecular weight is 267 g/mol. The normalized spacial score (nSPS) is 13.9. The van der Waals surface area contributed by atoms with Gasteiger partial charge in [0.25, 0.3) is 5.91 Å². The number of aliphatic carboxylic acids is 1. The summed E-state index contributed by atoms with van der Waals surface area (Å²) in [4.78, 5) is 23.3. The second-order valence-corrected chi connectivity index (χ2v) is 4.69. The summed E-state index contributed by atoms with van der Waals surface area (Å²) in [5.41, 5.74) is 1.12. The lowest BCUT2D eigenvalue weighted by Crippen LogP contribution is -2.45. The monoisotopic (exact) mass is 267 g/mol. The first-order valence-electron chi connectivity index (χ1n) is 6.46. The number of carboxylic acid groups (broad SMARTS) is 1. The van der Waals surface area contributed by atoms with Crippen molar-refractivity contribution in [2.24, 2.45) is 13.0 Å². The molecule has 1 rings (SSSR count). The van der Waals surface area contributed by atoms with E-state index in [2.05, 4.69) is 10.4 Å². The van der Waals surface area contributed by atoms with Crippen LogP contribution in [0.5, 0.6) is 0 Å². The molecule has 1 amide bonds. The molecule has 1 aromatic rings. The maximum atomic E-state index is 12.1. The molecule has 19 heavy (non-hydrogen) atoms. The van der Waals surface area contributed by atoms with Gasteiger partial charge in [-0.25, -0.2) is 4.79 Å². The minimum atomic E-state index is -1.01. The molecule has 1 aromatic heterocycles. The van der Waals surface area contributed by atoms with Gasteiger partial charge in [0, 0.05) is 13.2 Å². The van der Waals surface area contributed by atoms with Crippen LogP contribution in [-0.2, 0) is 18.3 Å². The number of carbonyl (C=O) groups excluding carboxylic acids is 1. The molecule has 0 saturated heterocycles. The molecule has 6 nitrogen and oxygen atoms in total. The van der Waals surface area contributed by atoms with Crippen molar-refractivity contribution >= 4 is 11.9 Å². The number of aryl methyl sites for hydroxylation is 2. The molecule has 1 unspecified atom stereocenters. The van der Waals surface area contributed by atoms with Crippen molar-refractivity contribution < 1.29 is 14.7 Å². The number of rotatable bonds is 6. The van der Waals surface area contributed by atoms with Gasteiger partial charge in [-0.1, -0.05) is 27.2 Å². The van der Waals surface area contributed by atoms with E-state index >= 15 is 0 Å². The van der Waals surface area contributed by atoms with Crippen LogP contribution in [0, 0.1) is 5.92 Å². The fourth-order valence-electron chi connectivity index (χ4n) is 1.89. The summed E-state index contributed by atoms with van der Waals surface area (Å²) in [6, 6.07) is -0.873. The van der Waals surface area contributed by atoms with Crippen LogP contribution in [0.15, 0.2) is 6.20 Å². The molecular weight excluding hydrogens is 246 g/mol. The van der Waals surface area contributed by atoms with Crippen LogP contribution < -0.4 is 5.32 Å². The van der Waals surface area contributed by atoms with E-state index in [1.165, 1.54) is 0 Å². The van der Waals surface area contributed by atoms with Gasteiger partial charge in [-0.05, 0) is 12.3 Å². The number of nitrogens with one attached hydrogen (secondary N) is 1. The van der Waals surface area contributed by atoms with Gasteiger partial charge in [0.1, 0.15) is 6.04 Å². The zero-order valence-electron chi connectivity index (χ0n) is 11.8. The third kappa shape index (κ3) is 3.56. The van der Waals surface area contributed by atoms with E-state index in [-0.39, 0.29) is 11.8 Å². The van der Waals surface area contributed by atoms with Crippen LogP contribution in [-0.4, -0.2) is 32.8 Å². The van der Waals surface area contributed by atoms with Gasteiger partial charge < -0.3 is 10.4 Å². The lowest BCUT2D eigenvalue weighted by Gasteiger charge is -2.19. The van der Waals surface area contributed by atoms with Crippen molar-refractivity contribution in [3.8, 4) is 0 Å². The SMILES string of the molecule is CCc1nn(C)cc1C(=O)N[C@H](C(=O)O)C(C)CC. The summed E-state index contributed by atoms with van der Waals surface area (Å²) in [5, 5.41) is 15.9. The van der Waals surface area contributed by atoms with Gasteiger partial charge in [0.05, 0.1) is 11.3 Å². The van der Waals surface area contributed by atoms with E-state index in [9.17, 15) is 9.59 Å². The number of hydrogen-bond acceptors (Lipinski definition) is 3. The quantitative estimate of drug-likeness (QED) is 0.811. The number of nitrogens with zero attached hydrogens (tertiary/aromatic N) is 2. The van der Waals surface area contributed by atoms with Crippen LogP contribution in [0.2, 0.25) is 0 Å². The Morgan fingerprint density at radius 2 is 2.11 bits per heavy atom. The predicted octanol–water partition coefficient (Wildman–Crippen LogP) is 1.21. The fourth-order valence-corrected chi connectivity index (χ4v) is 1.89. The summed E-state index contributed by atoms with van der Waals surface area (Å²) in [6.45, 7) is 5.61. The Labute approximate surface area is 112 Å². The van der Waals surface area contributed by atoms with Crippen LogP contribution >= 0.6 is 0 Å². The lowest BCUT2D eigenvalue weighted by atomic mass is 9.99. The molecule has 0 spiro atoms. The van der Waals surface area contributed by atoms with E-state index in [1.807, 2.05) is 20.8 Å². The summed E-state index contributed by atoms with van der Waals surface area (Å²) >= 11 is 0. The molecular formula is C13H21N3O3. The molecule has 1 heterocycles. The molecule has 0 aliphatic heterocycles. The number of amides is 1. The molecule has 0 saturated carbocycles. The highest BCUT2D eigenvalue weighted by Gasteiger charge is 2.27. The topological polar surface area (TPSA) is 84.2 Å². The van der Waals surface area contributed by atoms with E-state index < -0.39 is 12.0 Å². The number of carboxylic acids is 1. The minimum Gasteiger partial charge on any atom is -0.480 e. The lowest BCUT2D eigenvalue weighted by molar-refractivity contribution is -0.140. The van der Waals surface area contributed by atoms with Gasteiger partial charge in [-0.2, -0.15) is 5.10 Å². The molecule has 0 aromatic carbocycles. The van der Waals surface area contributed by atoms with Crippen molar-refractivity contribution in [3.05, 3.63) is 17.5 Å². The second-order valence-electron chi connectivity index (χ2n) is 4.69. The van der Waals surface area contributed by atoms with Gasteiger partial charge >= 0.3 is 5.97 Å². The van der Waals surface area contributed by atoms with Crippen molar-refractivity contribution in [2.75, 3.05) is 0 Å². The zero-order chi connectivity index (χ0) is 14.6. The second kappa shape index (κ2) is 6.36. The summed E-state index contributed by atoms with van der Waals surface area (Å²) < 4.78 is 1.56. The molecule has 0 radical (unpaired) electrons. The average Bonchev–Trinajstić information content (AvgIpc) is 2.75. The van der Waals surface area contributed by atoms with Crippen LogP contribution in [0.1, 0.15) is 43.2 Å². The third-order valence-electron chi connectivity index (χ3n) is 3.25. The minimum absolute atomic E-state index is 0.122. The smallest absolute Gasteiger partial charge is 0.326 e. The van der Waals surface area contributed by atoms with E-state index in [0.29, 0.717) is 24.1 Å². The zero-order valence-corrected chi connectivity index (χ0v) is 11.8. The van der Waals surface area contributed by atoms with Gasteiger partial charge in [-0.15, -0.1) is 0 Å².